The highest BCUT2D eigenvalue weighted by Crippen LogP contribution is 2.17. The normalized spacial score (nSPS) is 20.1. The zero-order chi connectivity index (χ0) is 13.8. The van der Waals surface area contributed by atoms with Crippen LogP contribution in [-0.2, 0) is 11.3 Å². The van der Waals surface area contributed by atoms with Crippen LogP contribution in [0.15, 0.2) is 6.20 Å². The molecule has 1 aliphatic heterocycles. The molecule has 7 heteroatoms. The second-order valence-electron chi connectivity index (χ2n) is 5.02. The summed E-state index contributed by atoms with van der Waals surface area (Å²) in [5.41, 5.74) is 0.218. The van der Waals surface area contributed by atoms with Crippen LogP contribution in [-0.4, -0.2) is 50.0 Å². The van der Waals surface area contributed by atoms with Gasteiger partial charge in [-0.3, -0.25) is 9.59 Å². The minimum Gasteiger partial charge on any atom is -0.480 e. The average molecular weight is 266 g/mol. The van der Waals surface area contributed by atoms with Crippen LogP contribution in [0.2, 0.25) is 0 Å². The number of nitrogens with zero attached hydrogens (tertiary/aromatic N) is 4. The number of carboxylic acid groups (broad SMARTS) is 1. The van der Waals surface area contributed by atoms with Crippen LogP contribution >= 0.6 is 0 Å². The van der Waals surface area contributed by atoms with E-state index in [9.17, 15) is 9.59 Å². The Balaban J connectivity index is 2.02. The number of carbonyl (C=O) groups excluding carboxylic acids is 1. The number of aliphatic carboxylic acids is 1. The van der Waals surface area contributed by atoms with Gasteiger partial charge in [0, 0.05) is 13.1 Å². The monoisotopic (exact) mass is 266 g/mol. The molecule has 0 spiro atoms. The van der Waals surface area contributed by atoms with Crippen molar-refractivity contribution in [3.05, 3.63) is 11.9 Å². The molecule has 1 atom stereocenters. The Kier molecular flexibility index (Phi) is 4.13. The fraction of sp³-hybridized carbons (Fsp3) is 0.667. The Morgan fingerprint density at radius 3 is 2.95 bits per heavy atom. The molecule has 0 saturated carbocycles. The summed E-state index contributed by atoms with van der Waals surface area (Å²) in [5, 5.41) is 16.0. The van der Waals surface area contributed by atoms with E-state index in [1.807, 2.05) is 0 Å². The van der Waals surface area contributed by atoms with Crippen molar-refractivity contribution >= 4 is 11.9 Å². The Morgan fingerprint density at radius 1 is 1.42 bits per heavy atom. The summed E-state index contributed by atoms with van der Waals surface area (Å²) in [6.45, 7) is 3.37. The number of carbonyl (C=O) groups is 2. The van der Waals surface area contributed by atoms with Crippen LogP contribution in [0.4, 0.5) is 0 Å². The van der Waals surface area contributed by atoms with E-state index in [0.29, 0.717) is 5.92 Å². The highest BCUT2D eigenvalue weighted by atomic mass is 16.4. The van der Waals surface area contributed by atoms with Gasteiger partial charge in [0.25, 0.3) is 5.91 Å². The second kappa shape index (κ2) is 5.81. The van der Waals surface area contributed by atoms with Crippen molar-refractivity contribution in [3.63, 3.8) is 0 Å². The van der Waals surface area contributed by atoms with Crippen LogP contribution in [0.5, 0.6) is 0 Å². The molecule has 104 valence electrons. The smallest absolute Gasteiger partial charge is 0.325 e. The Bertz CT molecular complexity index is 471. The van der Waals surface area contributed by atoms with Crippen molar-refractivity contribution in [2.75, 3.05) is 13.1 Å². The average Bonchev–Trinajstić information content (AvgIpc) is 2.69. The minimum atomic E-state index is -1.01. The first-order valence-corrected chi connectivity index (χ1v) is 6.47. The van der Waals surface area contributed by atoms with Gasteiger partial charge in [0.1, 0.15) is 6.54 Å². The first-order valence-electron chi connectivity index (χ1n) is 6.47. The summed E-state index contributed by atoms with van der Waals surface area (Å²) < 4.78 is 1.16. The summed E-state index contributed by atoms with van der Waals surface area (Å²) in [5.74, 6) is -0.529. The maximum Gasteiger partial charge on any atom is 0.325 e. The molecule has 2 rings (SSSR count). The summed E-state index contributed by atoms with van der Waals surface area (Å²) in [6, 6.07) is 0. The summed E-state index contributed by atoms with van der Waals surface area (Å²) in [6.07, 6.45) is 4.52. The van der Waals surface area contributed by atoms with Gasteiger partial charge in [0.2, 0.25) is 0 Å². The van der Waals surface area contributed by atoms with E-state index in [1.54, 1.807) is 4.90 Å². The third-order valence-corrected chi connectivity index (χ3v) is 3.36. The van der Waals surface area contributed by atoms with E-state index in [0.717, 1.165) is 37.0 Å². The van der Waals surface area contributed by atoms with E-state index < -0.39 is 5.97 Å². The van der Waals surface area contributed by atoms with E-state index in [4.69, 9.17) is 5.11 Å². The van der Waals surface area contributed by atoms with Gasteiger partial charge in [0.15, 0.2) is 5.69 Å². The van der Waals surface area contributed by atoms with Gasteiger partial charge in [-0.25, -0.2) is 4.68 Å². The van der Waals surface area contributed by atoms with Crippen LogP contribution in [0, 0.1) is 5.92 Å². The molecule has 1 unspecified atom stereocenters. The fourth-order valence-corrected chi connectivity index (χ4v) is 2.24. The number of hydrogen-bond donors (Lipinski definition) is 1. The number of rotatable bonds is 3. The van der Waals surface area contributed by atoms with E-state index in [1.165, 1.54) is 6.20 Å². The summed E-state index contributed by atoms with van der Waals surface area (Å²) in [7, 11) is 0. The van der Waals surface area contributed by atoms with Gasteiger partial charge < -0.3 is 10.0 Å². The number of hydrogen-bond acceptors (Lipinski definition) is 4. The van der Waals surface area contributed by atoms with Gasteiger partial charge in [0.05, 0.1) is 6.20 Å². The molecule has 0 radical (unpaired) electrons. The first-order chi connectivity index (χ1) is 9.06. The fourth-order valence-electron chi connectivity index (χ4n) is 2.24. The highest BCUT2D eigenvalue weighted by molar-refractivity contribution is 5.92. The number of likely N-dealkylation sites (tertiary alicyclic amines) is 1. The van der Waals surface area contributed by atoms with Gasteiger partial charge in [-0.15, -0.1) is 5.10 Å². The molecule has 19 heavy (non-hydrogen) atoms. The molecule has 1 aliphatic rings. The lowest BCUT2D eigenvalue weighted by atomic mass is 10.0. The van der Waals surface area contributed by atoms with Crippen LogP contribution in [0.25, 0.3) is 0 Å². The third kappa shape index (κ3) is 3.52. The first kappa shape index (κ1) is 13.5. The van der Waals surface area contributed by atoms with Crippen molar-refractivity contribution in [3.8, 4) is 0 Å². The van der Waals surface area contributed by atoms with Crippen molar-refractivity contribution in [2.45, 2.75) is 32.7 Å². The van der Waals surface area contributed by atoms with E-state index >= 15 is 0 Å². The number of carboxylic acids is 1. The van der Waals surface area contributed by atoms with Crippen molar-refractivity contribution in [1.29, 1.82) is 0 Å². The molecular formula is C12H18N4O3. The number of aromatic nitrogens is 3. The van der Waals surface area contributed by atoms with Crippen LogP contribution in [0.3, 0.4) is 0 Å². The molecule has 0 aliphatic carbocycles. The zero-order valence-electron chi connectivity index (χ0n) is 10.9. The largest absolute Gasteiger partial charge is 0.480 e. The Labute approximate surface area is 111 Å². The predicted octanol–water partition coefficient (Wildman–Crippen LogP) is 0.625. The molecule has 0 bridgehead atoms. The third-order valence-electron chi connectivity index (χ3n) is 3.36. The molecule has 1 aromatic heterocycles. The van der Waals surface area contributed by atoms with E-state index in [2.05, 4.69) is 17.2 Å². The lowest BCUT2D eigenvalue weighted by Crippen LogP contribution is -2.32. The predicted molar refractivity (Wildman–Crippen MR) is 66.6 cm³/mol. The SMILES string of the molecule is CC1CCCN(C(=O)c2cn(CC(=O)O)nn2)CC1. The zero-order valence-corrected chi connectivity index (χ0v) is 10.9. The molecule has 1 saturated heterocycles. The molecule has 1 fully saturated rings. The number of amides is 1. The van der Waals surface area contributed by atoms with Gasteiger partial charge in [-0.1, -0.05) is 12.1 Å². The molecule has 1 amide bonds. The molecule has 1 N–H and O–H groups in total. The van der Waals surface area contributed by atoms with E-state index in [-0.39, 0.29) is 18.1 Å². The van der Waals surface area contributed by atoms with Crippen molar-refractivity contribution in [2.24, 2.45) is 5.92 Å². The summed E-state index contributed by atoms with van der Waals surface area (Å²) in [4.78, 5) is 24.5. The summed E-state index contributed by atoms with van der Waals surface area (Å²) >= 11 is 0. The van der Waals surface area contributed by atoms with Crippen LogP contribution in [0.1, 0.15) is 36.7 Å². The molecule has 2 heterocycles. The highest BCUT2D eigenvalue weighted by Gasteiger charge is 2.22. The molecular weight excluding hydrogens is 248 g/mol. The molecule has 0 aromatic carbocycles. The topological polar surface area (TPSA) is 88.3 Å². The Morgan fingerprint density at radius 2 is 2.21 bits per heavy atom. The lowest BCUT2D eigenvalue weighted by Gasteiger charge is -2.18. The van der Waals surface area contributed by atoms with Gasteiger partial charge in [-0.05, 0) is 25.2 Å². The minimum absolute atomic E-state index is 0.161. The molecule has 1 aromatic rings. The molecule has 7 nitrogen and oxygen atoms in total. The second-order valence-corrected chi connectivity index (χ2v) is 5.02. The van der Waals surface area contributed by atoms with Crippen molar-refractivity contribution < 1.29 is 14.7 Å². The quantitative estimate of drug-likeness (QED) is 0.866. The standard InChI is InChI=1S/C12H18N4O3/c1-9-3-2-5-15(6-4-9)12(19)10-7-16(14-13-10)8-11(17)18/h7,9H,2-6,8H2,1H3,(H,17,18). The van der Waals surface area contributed by atoms with Gasteiger partial charge in [-0.2, -0.15) is 0 Å². The maximum absolute atomic E-state index is 12.2. The Hall–Kier alpha value is -1.92. The lowest BCUT2D eigenvalue weighted by molar-refractivity contribution is -0.137. The van der Waals surface area contributed by atoms with Gasteiger partial charge >= 0.3 is 5.97 Å². The van der Waals surface area contributed by atoms with Crippen LogP contribution < -0.4 is 0 Å². The van der Waals surface area contributed by atoms with Crippen molar-refractivity contribution in [1.82, 2.24) is 19.9 Å². The maximum atomic E-state index is 12.2.